The molecule has 0 radical (unpaired) electrons. The van der Waals surface area contributed by atoms with E-state index in [-0.39, 0.29) is 5.82 Å². The van der Waals surface area contributed by atoms with Gasteiger partial charge in [0.2, 0.25) is 5.95 Å². The van der Waals surface area contributed by atoms with Gasteiger partial charge in [-0.1, -0.05) is 12.1 Å². The number of aromatic nitrogens is 2. The Labute approximate surface area is 105 Å². The van der Waals surface area contributed by atoms with Gasteiger partial charge in [-0.3, -0.25) is 0 Å². The summed E-state index contributed by atoms with van der Waals surface area (Å²) in [6.45, 7) is 4.58. The average Bonchev–Trinajstić information content (AvgIpc) is 2.32. The lowest BCUT2D eigenvalue weighted by Crippen LogP contribution is -2.05. The highest BCUT2D eigenvalue weighted by Crippen LogP contribution is 2.19. The van der Waals surface area contributed by atoms with Crippen LogP contribution in [-0.4, -0.2) is 16.5 Å². The first-order chi connectivity index (χ1) is 8.69. The van der Waals surface area contributed by atoms with Crippen molar-refractivity contribution in [1.29, 1.82) is 0 Å². The molecule has 4 nitrogen and oxygen atoms in total. The minimum absolute atomic E-state index is 0.307. The number of hydrogen-bond acceptors (Lipinski definition) is 4. The molecule has 0 saturated carbocycles. The first kappa shape index (κ1) is 12.3. The Bertz CT molecular complexity index is 542. The van der Waals surface area contributed by atoms with Crippen molar-refractivity contribution in [3.8, 4) is 0 Å². The molecule has 2 N–H and O–H groups in total. The van der Waals surface area contributed by atoms with Crippen molar-refractivity contribution in [2.45, 2.75) is 13.8 Å². The summed E-state index contributed by atoms with van der Waals surface area (Å²) in [7, 11) is 0. The van der Waals surface area contributed by atoms with Crippen molar-refractivity contribution < 1.29 is 4.39 Å². The Morgan fingerprint density at radius 1 is 1.22 bits per heavy atom. The van der Waals surface area contributed by atoms with Gasteiger partial charge in [-0.25, -0.2) is 9.37 Å². The average molecular weight is 246 g/mol. The molecule has 0 fully saturated rings. The van der Waals surface area contributed by atoms with Crippen molar-refractivity contribution in [3.63, 3.8) is 0 Å². The molecule has 94 valence electrons. The zero-order valence-electron chi connectivity index (χ0n) is 10.4. The van der Waals surface area contributed by atoms with Gasteiger partial charge in [-0.2, -0.15) is 4.98 Å². The van der Waals surface area contributed by atoms with Crippen molar-refractivity contribution in [3.05, 3.63) is 41.8 Å². The maximum Gasteiger partial charge on any atom is 0.224 e. The Balaban J connectivity index is 2.26. The van der Waals surface area contributed by atoms with E-state index in [9.17, 15) is 4.39 Å². The molecule has 2 aromatic rings. The van der Waals surface area contributed by atoms with Crippen LogP contribution in [0.3, 0.4) is 0 Å². The minimum atomic E-state index is -0.307. The third-order valence-electron chi connectivity index (χ3n) is 2.33. The second kappa shape index (κ2) is 5.44. The fourth-order valence-electron chi connectivity index (χ4n) is 1.57. The van der Waals surface area contributed by atoms with Crippen LogP contribution in [0.4, 0.5) is 21.8 Å². The zero-order chi connectivity index (χ0) is 13.0. The quantitative estimate of drug-likeness (QED) is 0.870. The lowest BCUT2D eigenvalue weighted by Gasteiger charge is -2.09. The van der Waals surface area contributed by atoms with Crippen LogP contribution >= 0.6 is 0 Å². The summed E-state index contributed by atoms with van der Waals surface area (Å²) in [5.74, 6) is 0.804. The molecule has 0 aliphatic rings. The minimum Gasteiger partial charge on any atom is -0.354 e. The maximum absolute atomic E-state index is 13.5. The van der Waals surface area contributed by atoms with Gasteiger partial charge in [0.1, 0.15) is 11.6 Å². The largest absolute Gasteiger partial charge is 0.354 e. The van der Waals surface area contributed by atoms with Crippen LogP contribution in [0.5, 0.6) is 0 Å². The van der Waals surface area contributed by atoms with E-state index in [4.69, 9.17) is 0 Å². The van der Waals surface area contributed by atoms with Gasteiger partial charge in [0.15, 0.2) is 0 Å². The fourth-order valence-corrected chi connectivity index (χ4v) is 1.57. The van der Waals surface area contributed by atoms with E-state index in [0.717, 1.165) is 12.2 Å². The topological polar surface area (TPSA) is 49.8 Å². The van der Waals surface area contributed by atoms with Crippen LogP contribution in [0.25, 0.3) is 0 Å². The molecule has 2 rings (SSSR count). The summed E-state index contributed by atoms with van der Waals surface area (Å²) in [6, 6.07) is 8.26. The Kier molecular flexibility index (Phi) is 3.72. The van der Waals surface area contributed by atoms with E-state index in [0.29, 0.717) is 17.5 Å². The molecular weight excluding hydrogens is 231 g/mol. The van der Waals surface area contributed by atoms with Crippen LogP contribution in [0.2, 0.25) is 0 Å². The van der Waals surface area contributed by atoms with Crippen LogP contribution in [0, 0.1) is 12.7 Å². The molecule has 0 atom stereocenters. The first-order valence-corrected chi connectivity index (χ1v) is 5.80. The molecule has 0 bridgehead atoms. The van der Waals surface area contributed by atoms with Crippen LogP contribution in [0.15, 0.2) is 30.3 Å². The van der Waals surface area contributed by atoms with Gasteiger partial charge in [0, 0.05) is 18.3 Å². The monoisotopic (exact) mass is 246 g/mol. The molecule has 1 aromatic carbocycles. The molecule has 1 heterocycles. The second-order valence-corrected chi connectivity index (χ2v) is 3.85. The third kappa shape index (κ3) is 2.94. The van der Waals surface area contributed by atoms with E-state index < -0.39 is 0 Å². The van der Waals surface area contributed by atoms with E-state index >= 15 is 0 Å². The second-order valence-electron chi connectivity index (χ2n) is 3.85. The normalized spacial score (nSPS) is 10.2. The van der Waals surface area contributed by atoms with Gasteiger partial charge in [-0.15, -0.1) is 0 Å². The summed E-state index contributed by atoms with van der Waals surface area (Å²) in [5, 5.41) is 5.98. The SMILES string of the molecule is CCNc1nc(C)cc(Nc2ccccc2F)n1. The predicted octanol–water partition coefficient (Wildman–Crippen LogP) is 3.10. The summed E-state index contributed by atoms with van der Waals surface area (Å²) >= 11 is 0. The number of para-hydroxylation sites is 1. The molecule has 0 spiro atoms. The van der Waals surface area contributed by atoms with Crippen molar-refractivity contribution in [2.75, 3.05) is 17.2 Å². The Hall–Kier alpha value is -2.17. The van der Waals surface area contributed by atoms with Gasteiger partial charge in [-0.05, 0) is 26.0 Å². The smallest absolute Gasteiger partial charge is 0.224 e. The fraction of sp³-hybridized carbons (Fsp3) is 0.231. The number of nitrogens with one attached hydrogen (secondary N) is 2. The van der Waals surface area contributed by atoms with Crippen LogP contribution in [0.1, 0.15) is 12.6 Å². The lowest BCUT2D eigenvalue weighted by molar-refractivity contribution is 0.632. The molecule has 0 saturated heterocycles. The molecule has 0 aliphatic carbocycles. The van der Waals surface area contributed by atoms with Crippen molar-refractivity contribution in [2.24, 2.45) is 0 Å². The molecule has 0 aliphatic heterocycles. The van der Waals surface area contributed by atoms with Gasteiger partial charge in [0.05, 0.1) is 5.69 Å². The molecule has 5 heteroatoms. The van der Waals surface area contributed by atoms with Crippen molar-refractivity contribution in [1.82, 2.24) is 9.97 Å². The Morgan fingerprint density at radius 2 is 2.00 bits per heavy atom. The van der Waals surface area contributed by atoms with Crippen LogP contribution < -0.4 is 10.6 Å². The van der Waals surface area contributed by atoms with E-state index in [1.54, 1.807) is 24.3 Å². The molecule has 0 unspecified atom stereocenters. The highest BCUT2D eigenvalue weighted by molar-refractivity contribution is 5.58. The Morgan fingerprint density at radius 3 is 2.72 bits per heavy atom. The number of nitrogens with zero attached hydrogens (tertiary/aromatic N) is 2. The highest BCUT2D eigenvalue weighted by Gasteiger charge is 2.04. The predicted molar refractivity (Wildman–Crippen MR) is 70.6 cm³/mol. The van der Waals surface area contributed by atoms with Gasteiger partial charge < -0.3 is 10.6 Å². The van der Waals surface area contributed by atoms with E-state index in [2.05, 4.69) is 20.6 Å². The van der Waals surface area contributed by atoms with Crippen molar-refractivity contribution >= 4 is 17.5 Å². The molecule has 1 aromatic heterocycles. The number of benzene rings is 1. The summed E-state index contributed by atoms with van der Waals surface area (Å²) in [4.78, 5) is 8.49. The standard InChI is InChI=1S/C13H15FN4/c1-3-15-13-16-9(2)8-12(18-13)17-11-7-5-4-6-10(11)14/h4-8H,3H2,1-2H3,(H2,15,16,17,18). The molecule has 18 heavy (non-hydrogen) atoms. The number of anilines is 3. The number of halogens is 1. The van der Waals surface area contributed by atoms with Gasteiger partial charge in [0.25, 0.3) is 0 Å². The van der Waals surface area contributed by atoms with E-state index in [1.807, 2.05) is 13.8 Å². The summed E-state index contributed by atoms with van der Waals surface area (Å²) in [5.41, 5.74) is 1.22. The highest BCUT2D eigenvalue weighted by atomic mass is 19.1. The number of hydrogen-bond donors (Lipinski definition) is 2. The lowest BCUT2D eigenvalue weighted by atomic mass is 10.3. The van der Waals surface area contributed by atoms with Crippen LogP contribution in [-0.2, 0) is 0 Å². The zero-order valence-corrected chi connectivity index (χ0v) is 10.4. The molecule has 0 amide bonds. The number of aryl methyl sites for hydroxylation is 1. The third-order valence-corrected chi connectivity index (χ3v) is 2.33. The number of rotatable bonds is 4. The summed E-state index contributed by atoms with van der Waals surface area (Å²) in [6.07, 6.45) is 0. The first-order valence-electron chi connectivity index (χ1n) is 5.80. The summed E-state index contributed by atoms with van der Waals surface area (Å²) < 4.78 is 13.5. The van der Waals surface area contributed by atoms with E-state index in [1.165, 1.54) is 6.07 Å². The van der Waals surface area contributed by atoms with Gasteiger partial charge >= 0.3 is 0 Å². The molecular formula is C13H15FN4. The maximum atomic E-state index is 13.5.